The molecule has 1 unspecified atom stereocenters. The molecule has 1 aliphatic rings. The average Bonchev–Trinajstić information content (AvgIpc) is 2.40. The van der Waals surface area contributed by atoms with E-state index in [1.54, 1.807) is 6.07 Å². The Morgan fingerprint density at radius 2 is 2.09 bits per heavy atom. The van der Waals surface area contributed by atoms with Gasteiger partial charge in [-0.15, -0.1) is 0 Å². The Labute approximate surface area is 124 Å². The molecule has 22 heavy (non-hydrogen) atoms. The van der Waals surface area contributed by atoms with E-state index in [-0.39, 0.29) is 18.4 Å². The van der Waals surface area contributed by atoms with E-state index in [9.17, 15) is 22.8 Å². The Morgan fingerprint density at radius 1 is 1.41 bits per heavy atom. The number of carbonyl (C=O) groups excluding carboxylic acids is 1. The van der Waals surface area contributed by atoms with E-state index in [1.165, 1.54) is 19.2 Å². The summed E-state index contributed by atoms with van der Waals surface area (Å²) >= 11 is 0. The second-order valence-electron chi connectivity index (χ2n) is 5.50. The van der Waals surface area contributed by atoms with Crippen LogP contribution < -0.4 is 4.74 Å². The van der Waals surface area contributed by atoms with Gasteiger partial charge < -0.3 is 9.84 Å². The number of carboxylic acid groups (broad SMARTS) is 1. The van der Waals surface area contributed by atoms with Crippen LogP contribution in [0.1, 0.15) is 35.2 Å². The quantitative estimate of drug-likeness (QED) is 0.926. The Bertz CT molecular complexity index is 609. The number of alkyl halides is 3. The lowest BCUT2D eigenvalue weighted by molar-refractivity contribution is -0.160. The van der Waals surface area contributed by atoms with Gasteiger partial charge in [-0.1, -0.05) is 0 Å². The van der Waals surface area contributed by atoms with Crippen molar-refractivity contribution >= 4 is 11.8 Å². The van der Waals surface area contributed by atoms with E-state index in [2.05, 4.69) is 0 Å². The number of carboxylic acids is 1. The van der Waals surface area contributed by atoms with Gasteiger partial charge in [0.25, 0.3) is 0 Å². The lowest BCUT2D eigenvalue weighted by Gasteiger charge is -2.36. The predicted octanol–water partition coefficient (Wildman–Crippen LogP) is 3.24. The standard InChI is InChI=1S/C15H15F3O4/c1-22-10-2-3-11-9(6-10)4-5-14(13(11)21,7-12(19)20)8-15(16,17)18/h2-3,6H,4-5,7-8H2,1H3,(H,19,20). The molecule has 0 heterocycles. The molecule has 1 N–H and O–H groups in total. The molecule has 4 nitrogen and oxygen atoms in total. The van der Waals surface area contributed by atoms with Crippen molar-refractivity contribution < 1.29 is 32.6 Å². The van der Waals surface area contributed by atoms with Gasteiger partial charge in [0.2, 0.25) is 0 Å². The molecule has 0 aliphatic heterocycles. The van der Waals surface area contributed by atoms with Crippen molar-refractivity contribution in [2.45, 2.75) is 31.9 Å². The van der Waals surface area contributed by atoms with Crippen LogP contribution in [0.15, 0.2) is 18.2 Å². The molecule has 1 aliphatic carbocycles. The number of ketones is 1. The smallest absolute Gasteiger partial charge is 0.390 e. The Hall–Kier alpha value is -2.05. The largest absolute Gasteiger partial charge is 0.497 e. The zero-order valence-electron chi connectivity index (χ0n) is 11.9. The van der Waals surface area contributed by atoms with Crippen LogP contribution in [0.2, 0.25) is 0 Å². The van der Waals surface area contributed by atoms with Crippen LogP contribution in [0, 0.1) is 5.41 Å². The maximum Gasteiger partial charge on any atom is 0.390 e. The van der Waals surface area contributed by atoms with Crippen molar-refractivity contribution in [3.05, 3.63) is 29.3 Å². The topological polar surface area (TPSA) is 63.6 Å². The number of hydrogen-bond donors (Lipinski definition) is 1. The van der Waals surface area contributed by atoms with Gasteiger partial charge in [-0.2, -0.15) is 13.2 Å². The third kappa shape index (κ3) is 3.23. The lowest BCUT2D eigenvalue weighted by Crippen LogP contribution is -2.41. The summed E-state index contributed by atoms with van der Waals surface area (Å²) in [7, 11) is 1.45. The summed E-state index contributed by atoms with van der Waals surface area (Å²) in [4.78, 5) is 23.5. The number of aliphatic carboxylic acids is 1. The van der Waals surface area contributed by atoms with Crippen LogP contribution in [-0.2, 0) is 11.2 Å². The first-order chi connectivity index (χ1) is 10.2. The maximum atomic E-state index is 12.8. The molecule has 0 spiro atoms. The number of methoxy groups -OCH3 is 1. The van der Waals surface area contributed by atoms with Crippen LogP contribution in [-0.4, -0.2) is 30.1 Å². The van der Waals surface area contributed by atoms with Crippen molar-refractivity contribution in [3.8, 4) is 5.75 Å². The van der Waals surface area contributed by atoms with E-state index < -0.39 is 36.2 Å². The van der Waals surface area contributed by atoms with Gasteiger partial charge in [-0.25, -0.2) is 0 Å². The molecule has 0 amide bonds. The fourth-order valence-electron chi connectivity index (χ4n) is 2.97. The molecule has 0 saturated carbocycles. The summed E-state index contributed by atoms with van der Waals surface area (Å²) < 4.78 is 43.5. The number of fused-ring (bicyclic) bond motifs is 1. The van der Waals surface area contributed by atoms with Gasteiger partial charge in [0, 0.05) is 5.56 Å². The minimum atomic E-state index is -4.60. The molecule has 0 saturated heterocycles. The van der Waals surface area contributed by atoms with Gasteiger partial charge in [0.05, 0.1) is 25.4 Å². The van der Waals surface area contributed by atoms with Gasteiger partial charge in [-0.3, -0.25) is 9.59 Å². The fraction of sp³-hybridized carbons (Fsp3) is 0.467. The third-order valence-electron chi connectivity index (χ3n) is 3.94. The summed E-state index contributed by atoms with van der Waals surface area (Å²) in [6.45, 7) is 0. The molecular formula is C15H15F3O4. The van der Waals surface area contributed by atoms with Crippen molar-refractivity contribution in [1.29, 1.82) is 0 Å². The van der Waals surface area contributed by atoms with Gasteiger partial charge in [0.15, 0.2) is 5.78 Å². The predicted molar refractivity (Wildman–Crippen MR) is 71.0 cm³/mol. The number of Topliss-reactive ketones (excluding diaryl/α,β-unsaturated/α-hetero) is 1. The molecule has 1 aromatic carbocycles. The maximum absolute atomic E-state index is 12.8. The van der Waals surface area contributed by atoms with Crippen LogP contribution in [0.5, 0.6) is 5.75 Å². The molecule has 0 fully saturated rings. The highest BCUT2D eigenvalue weighted by atomic mass is 19.4. The number of rotatable bonds is 4. The third-order valence-corrected chi connectivity index (χ3v) is 3.94. The van der Waals surface area contributed by atoms with Crippen molar-refractivity contribution in [1.82, 2.24) is 0 Å². The van der Waals surface area contributed by atoms with Gasteiger partial charge in [0.1, 0.15) is 5.75 Å². The first kappa shape index (κ1) is 16.3. The van der Waals surface area contributed by atoms with Crippen LogP contribution in [0.4, 0.5) is 13.2 Å². The summed E-state index contributed by atoms with van der Waals surface area (Å²) in [5.41, 5.74) is -1.18. The summed E-state index contributed by atoms with van der Waals surface area (Å²) in [5.74, 6) is -1.65. The highest BCUT2D eigenvalue weighted by Gasteiger charge is 2.50. The van der Waals surface area contributed by atoms with E-state index in [4.69, 9.17) is 9.84 Å². The SMILES string of the molecule is COc1ccc2c(c1)CCC(CC(=O)O)(CC(F)(F)F)C2=O. The number of benzene rings is 1. The highest BCUT2D eigenvalue weighted by Crippen LogP contribution is 2.46. The molecule has 0 aromatic heterocycles. The van der Waals surface area contributed by atoms with E-state index in [0.717, 1.165) is 0 Å². The molecule has 7 heteroatoms. The Balaban J connectivity index is 2.44. The first-order valence-corrected chi connectivity index (χ1v) is 6.67. The summed E-state index contributed by atoms with van der Waals surface area (Å²) in [6.07, 6.45) is -6.78. The highest BCUT2D eigenvalue weighted by molar-refractivity contribution is 6.04. The molecule has 120 valence electrons. The summed E-state index contributed by atoms with van der Waals surface area (Å²) in [5, 5.41) is 8.94. The number of hydrogen-bond acceptors (Lipinski definition) is 3. The van der Waals surface area contributed by atoms with Gasteiger partial charge >= 0.3 is 12.1 Å². The van der Waals surface area contributed by atoms with Gasteiger partial charge in [-0.05, 0) is 36.6 Å². The van der Waals surface area contributed by atoms with Crippen molar-refractivity contribution in [3.63, 3.8) is 0 Å². The van der Waals surface area contributed by atoms with Crippen molar-refractivity contribution in [2.75, 3.05) is 7.11 Å². The monoisotopic (exact) mass is 316 g/mol. The molecule has 0 bridgehead atoms. The van der Waals surface area contributed by atoms with Crippen LogP contribution in [0.25, 0.3) is 0 Å². The molecule has 0 radical (unpaired) electrons. The Morgan fingerprint density at radius 3 is 2.64 bits per heavy atom. The van der Waals surface area contributed by atoms with Crippen LogP contribution >= 0.6 is 0 Å². The fourth-order valence-corrected chi connectivity index (χ4v) is 2.97. The zero-order chi connectivity index (χ0) is 16.5. The van der Waals surface area contributed by atoms with E-state index in [0.29, 0.717) is 11.3 Å². The van der Waals surface area contributed by atoms with Crippen molar-refractivity contribution in [2.24, 2.45) is 5.41 Å². The minimum Gasteiger partial charge on any atom is -0.497 e. The summed E-state index contributed by atoms with van der Waals surface area (Å²) in [6, 6.07) is 4.50. The molecule has 1 aromatic rings. The Kier molecular flexibility index (Phi) is 4.17. The lowest BCUT2D eigenvalue weighted by atomic mass is 9.66. The molecular weight excluding hydrogens is 301 g/mol. The van der Waals surface area contributed by atoms with E-state index >= 15 is 0 Å². The molecule has 1 atom stereocenters. The number of ether oxygens (including phenoxy) is 1. The number of aryl methyl sites for hydroxylation is 1. The van der Waals surface area contributed by atoms with Crippen LogP contribution in [0.3, 0.4) is 0 Å². The number of carbonyl (C=O) groups is 2. The number of halogens is 3. The first-order valence-electron chi connectivity index (χ1n) is 6.67. The van der Waals surface area contributed by atoms with E-state index in [1.807, 2.05) is 0 Å². The second-order valence-corrected chi connectivity index (χ2v) is 5.50. The minimum absolute atomic E-state index is 0.141. The molecule has 2 rings (SSSR count). The second kappa shape index (κ2) is 5.62. The zero-order valence-corrected chi connectivity index (χ0v) is 11.9. The average molecular weight is 316 g/mol. The normalized spacial score (nSPS) is 21.4.